The summed E-state index contributed by atoms with van der Waals surface area (Å²) in [5, 5.41) is 0. The molecular weight excluding hydrogens is 132 g/mol. The Morgan fingerprint density at radius 2 is 1.91 bits per heavy atom. The van der Waals surface area contributed by atoms with Crippen LogP contribution in [0.1, 0.15) is 39.0 Å². The molecule has 0 aromatic heterocycles. The molecule has 0 heteroatoms. The maximum absolute atomic E-state index is 3.77. The first-order chi connectivity index (χ1) is 5.29. The summed E-state index contributed by atoms with van der Waals surface area (Å²) < 4.78 is 0. The van der Waals surface area contributed by atoms with Crippen molar-refractivity contribution in [2.24, 2.45) is 5.92 Å². The van der Waals surface area contributed by atoms with Crippen LogP contribution >= 0.6 is 0 Å². The Morgan fingerprint density at radius 3 is 2.45 bits per heavy atom. The molecule has 0 N–H and O–H groups in total. The third kappa shape index (κ3) is 3.28. The first-order valence-corrected chi connectivity index (χ1v) is 4.46. The van der Waals surface area contributed by atoms with Crippen molar-refractivity contribution in [3.05, 3.63) is 12.2 Å². The van der Waals surface area contributed by atoms with E-state index in [1.54, 1.807) is 0 Å². The zero-order chi connectivity index (χ0) is 8.10. The van der Waals surface area contributed by atoms with E-state index in [1.807, 2.05) is 6.92 Å². The topological polar surface area (TPSA) is 0 Å². The molecule has 1 rings (SSSR count). The van der Waals surface area contributed by atoms with Crippen LogP contribution in [0.2, 0.25) is 0 Å². The van der Waals surface area contributed by atoms with Gasteiger partial charge in [-0.2, -0.15) is 0 Å². The third-order valence-electron chi connectivity index (χ3n) is 2.09. The minimum absolute atomic E-state index is 0.667. The second-order valence-corrected chi connectivity index (χ2v) is 3.38. The van der Waals surface area contributed by atoms with Gasteiger partial charge in [0.25, 0.3) is 0 Å². The van der Waals surface area contributed by atoms with Gasteiger partial charge in [-0.05, 0) is 25.3 Å². The van der Waals surface area contributed by atoms with E-state index in [2.05, 4.69) is 18.4 Å². The quantitative estimate of drug-likeness (QED) is 0.463. The van der Waals surface area contributed by atoms with Crippen molar-refractivity contribution in [1.82, 2.24) is 0 Å². The van der Waals surface area contributed by atoms with Gasteiger partial charge < -0.3 is 0 Å². The molecule has 0 heterocycles. The summed E-state index contributed by atoms with van der Waals surface area (Å²) in [6.45, 7) is 5.73. The number of rotatable bonds is 0. The van der Waals surface area contributed by atoms with Crippen molar-refractivity contribution in [1.29, 1.82) is 0 Å². The largest absolute Gasteiger partial charge is 0.0949 e. The molecule has 1 aliphatic carbocycles. The molecule has 0 aromatic rings. The Hall–Kier alpha value is -0.700. The summed E-state index contributed by atoms with van der Waals surface area (Å²) >= 11 is 0. The van der Waals surface area contributed by atoms with E-state index in [-0.39, 0.29) is 0 Å². The predicted molar refractivity (Wildman–Crippen MR) is 49.2 cm³/mol. The standard InChI is InChI=1S/C11H16/c1-10(2)8-9-11-6-4-3-5-7-11/h11H,1,3-7H2,2H3. The normalized spacial score (nSPS) is 18.6. The number of hydrogen-bond donors (Lipinski definition) is 0. The van der Waals surface area contributed by atoms with Crippen LogP contribution in [0.5, 0.6) is 0 Å². The molecule has 0 unspecified atom stereocenters. The lowest BCUT2D eigenvalue weighted by molar-refractivity contribution is 0.430. The SMILES string of the molecule is C=C(C)C#CC1CCCCC1. The molecule has 0 aliphatic heterocycles. The molecule has 11 heavy (non-hydrogen) atoms. The second kappa shape index (κ2) is 4.23. The van der Waals surface area contributed by atoms with E-state index in [9.17, 15) is 0 Å². The molecule has 0 amide bonds. The van der Waals surface area contributed by atoms with E-state index >= 15 is 0 Å². The highest BCUT2D eigenvalue weighted by atomic mass is 14.1. The lowest BCUT2D eigenvalue weighted by Crippen LogP contribution is -2.02. The third-order valence-corrected chi connectivity index (χ3v) is 2.09. The predicted octanol–water partition coefficient (Wildman–Crippen LogP) is 3.15. The average molecular weight is 148 g/mol. The Kier molecular flexibility index (Phi) is 3.23. The summed E-state index contributed by atoms with van der Waals surface area (Å²) in [5.41, 5.74) is 0.996. The number of allylic oxidation sites excluding steroid dienone is 1. The summed E-state index contributed by atoms with van der Waals surface area (Å²) in [7, 11) is 0. The average Bonchev–Trinajstić information content (AvgIpc) is 2.03. The van der Waals surface area contributed by atoms with Gasteiger partial charge >= 0.3 is 0 Å². The van der Waals surface area contributed by atoms with Gasteiger partial charge in [0.15, 0.2) is 0 Å². The Morgan fingerprint density at radius 1 is 1.27 bits per heavy atom. The van der Waals surface area contributed by atoms with Crippen LogP contribution in [-0.2, 0) is 0 Å². The molecule has 1 aliphatic rings. The molecule has 0 spiro atoms. The molecular formula is C11H16. The minimum atomic E-state index is 0.667. The smallest absolute Gasteiger partial charge is 0.0206 e. The van der Waals surface area contributed by atoms with E-state index in [0.717, 1.165) is 5.57 Å². The van der Waals surface area contributed by atoms with Crippen molar-refractivity contribution < 1.29 is 0 Å². The van der Waals surface area contributed by atoms with Gasteiger partial charge in [-0.25, -0.2) is 0 Å². The highest BCUT2D eigenvalue weighted by Crippen LogP contribution is 2.22. The van der Waals surface area contributed by atoms with Crippen LogP contribution in [0.25, 0.3) is 0 Å². The van der Waals surface area contributed by atoms with E-state index in [0.29, 0.717) is 5.92 Å². The molecule has 1 fully saturated rings. The molecule has 0 atom stereocenters. The van der Waals surface area contributed by atoms with Crippen molar-refractivity contribution in [3.63, 3.8) is 0 Å². The lowest BCUT2D eigenvalue weighted by atomic mass is 9.90. The van der Waals surface area contributed by atoms with Gasteiger partial charge in [0, 0.05) is 5.92 Å². The van der Waals surface area contributed by atoms with Crippen molar-refractivity contribution in [2.45, 2.75) is 39.0 Å². The van der Waals surface area contributed by atoms with E-state index < -0.39 is 0 Å². The van der Waals surface area contributed by atoms with Crippen LogP contribution in [0.4, 0.5) is 0 Å². The van der Waals surface area contributed by atoms with Gasteiger partial charge in [0.05, 0.1) is 0 Å². The zero-order valence-corrected chi connectivity index (χ0v) is 7.32. The molecule has 60 valence electrons. The first-order valence-electron chi connectivity index (χ1n) is 4.46. The molecule has 1 saturated carbocycles. The Bertz CT molecular complexity index is 184. The van der Waals surface area contributed by atoms with Crippen LogP contribution in [-0.4, -0.2) is 0 Å². The summed E-state index contributed by atoms with van der Waals surface area (Å²) in [6.07, 6.45) is 6.76. The highest BCUT2D eigenvalue weighted by Gasteiger charge is 2.09. The molecule has 0 nitrogen and oxygen atoms in total. The van der Waals surface area contributed by atoms with Crippen molar-refractivity contribution >= 4 is 0 Å². The minimum Gasteiger partial charge on any atom is -0.0949 e. The van der Waals surface area contributed by atoms with Gasteiger partial charge in [-0.1, -0.05) is 37.7 Å². The Labute approximate surface area is 69.7 Å². The summed E-state index contributed by atoms with van der Waals surface area (Å²) in [4.78, 5) is 0. The number of hydrogen-bond acceptors (Lipinski definition) is 0. The van der Waals surface area contributed by atoms with Crippen molar-refractivity contribution in [3.8, 4) is 11.8 Å². The molecule has 0 aromatic carbocycles. The molecule has 0 bridgehead atoms. The maximum atomic E-state index is 3.77. The molecule has 0 radical (unpaired) electrons. The monoisotopic (exact) mass is 148 g/mol. The fourth-order valence-electron chi connectivity index (χ4n) is 1.47. The van der Waals surface area contributed by atoms with Crippen LogP contribution < -0.4 is 0 Å². The first kappa shape index (κ1) is 8.40. The van der Waals surface area contributed by atoms with Crippen LogP contribution in [0, 0.1) is 17.8 Å². The Balaban J connectivity index is 2.36. The van der Waals surface area contributed by atoms with Crippen molar-refractivity contribution in [2.75, 3.05) is 0 Å². The van der Waals surface area contributed by atoms with E-state index in [1.165, 1.54) is 32.1 Å². The second-order valence-electron chi connectivity index (χ2n) is 3.38. The molecule has 0 saturated heterocycles. The fourth-order valence-corrected chi connectivity index (χ4v) is 1.47. The van der Waals surface area contributed by atoms with Crippen LogP contribution in [0.15, 0.2) is 12.2 Å². The van der Waals surface area contributed by atoms with Crippen LogP contribution in [0.3, 0.4) is 0 Å². The lowest BCUT2D eigenvalue weighted by Gasteiger charge is -2.15. The van der Waals surface area contributed by atoms with Gasteiger partial charge in [0.1, 0.15) is 0 Å². The maximum Gasteiger partial charge on any atom is 0.0206 e. The van der Waals surface area contributed by atoms with Gasteiger partial charge in [-0.15, -0.1) is 0 Å². The summed E-state index contributed by atoms with van der Waals surface area (Å²) in [5.74, 6) is 7.01. The van der Waals surface area contributed by atoms with E-state index in [4.69, 9.17) is 0 Å². The fraction of sp³-hybridized carbons (Fsp3) is 0.636. The summed E-state index contributed by atoms with van der Waals surface area (Å²) in [6, 6.07) is 0. The highest BCUT2D eigenvalue weighted by molar-refractivity contribution is 5.24. The van der Waals surface area contributed by atoms with Gasteiger partial charge in [0.2, 0.25) is 0 Å². The zero-order valence-electron chi connectivity index (χ0n) is 7.32. The van der Waals surface area contributed by atoms with Gasteiger partial charge in [-0.3, -0.25) is 0 Å².